The Balaban J connectivity index is 2.49. The minimum Gasteiger partial charge on any atom is -0.309 e. The Hall–Kier alpha value is -0.390. The van der Waals surface area contributed by atoms with Crippen LogP contribution in [-0.4, -0.2) is 7.05 Å². The van der Waals surface area contributed by atoms with Gasteiger partial charge in [0.15, 0.2) is 0 Å². The van der Waals surface area contributed by atoms with E-state index in [1.165, 1.54) is 25.8 Å². The Morgan fingerprint density at radius 3 is 2.42 bits per heavy atom. The maximum absolute atomic E-state index is 3.56. The number of aryl methyl sites for hydroxylation is 2. The average Bonchev–Trinajstić information content (AvgIpc) is 2.38. The van der Waals surface area contributed by atoms with E-state index in [1.807, 2.05) is 7.05 Å². The van der Waals surface area contributed by atoms with Crippen molar-refractivity contribution >= 4 is 38.5 Å². The molecule has 100 valence electrons. The van der Waals surface area contributed by atoms with Gasteiger partial charge in [0.05, 0.1) is 6.04 Å². The number of rotatable bonds is 3. The number of hydrogen-bond donors (Lipinski definition) is 1. The van der Waals surface area contributed by atoms with Crippen LogP contribution in [0.1, 0.15) is 28.3 Å². The van der Waals surface area contributed by atoms with Gasteiger partial charge in [0.1, 0.15) is 0 Å². The van der Waals surface area contributed by atoms with E-state index in [-0.39, 0.29) is 6.04 Å². The van der Waals surface area contributed by atoms with Crippen molar-refractivity contribution in [2.45, 2.75) is 19.9 Å². The Labute approximate surface area is 137 Å². The van der Waals surface area contributed by atoms with E-state index in [0.29, 0.717) is 0 Å². The van der Waals surface area contributed by atoms with Gasteiger partial charge in [-0.2, -0.15) is 0 Å². The molecule has 3 heteroatoms. The first-order valence-corrected chi connectivity index (χ1v) is 8.09. The van der Waals surface area contributed by atoms with Gasteiger partial charge in [0.25, 0.3) is 0 Å². The van der Waals surface area contributed by atoms with Crippen LogP contribution in [0.2, 0.25) is 0 Å². The summed E-state index contributed by atoms with van der Waals surface area (Å²) in [7, 11) is 2.01. The summed E-state index contributed by atoms with van der Waals surface area (Å²) >= 11 is 5.96. The van der Waals surface area contributed by atoms with E-state index < -0.39 is 0 Å². The molecule has 0 aromatic heterocycles. The Morgan fingerprint density at radius 1 is 1.05 bits per heavy atom. The molecule has 1 atom stereocenters. The van der Waals surface area contributed by atoms with Crippen molar-refractivity contribution in [3.8, 4) is 0 Å². The minimum absolute atomic E-state index is 0.226. The molecular weight excluding hydrogens is 413 g/mol. The normalized spacial score (nSPS) is 12.5. The molecular formula is C16H17BrIN. The molecule has 1 unspecified atom stereocenters. The molecule has 0 radical (unpaired) electrons. The Bertz CT molecular complexity index is 595. The zero-order valence-corrected chi connectivity index (χ0v) is 15.0. The summed E-state index contributed by atoms with van der Waals surface area (Å²) in [5, 5.41) is 3.42. The van der Waals surface area contributed by atoms with Gasteiger partial charge in [-0.3, -0.25) is 0 Å². The maximum Gasteiger partial charge on any atom is 0.0585 e. The van der Waals surface area contributed by atoms with E-state index in [4.69, 9.17) is 0 Å². The third-order valence-corrected chi connectivity index (χ3v) is 4.90. The molecule has 0 spiro atoms. The summed E-state index contributed by atoms with van der Waals surface area (Å²) in [5.74, 6) is 0. The van der Waals surface area contributed by atoms with Crippen LogP contribution < -0.4 is 5.32 Å². The van der Waals surface area contributed by atoms with Gasteiger partial charge in [-0.05, 0) is 83.9 Å². The molecule has 0 aliphatic carbocycles. The molecule has 2 rings (SSSR count). The largest absolute Gasteiger partial charge is 0.309 e. The lowest BCUT2D eigenvalue weighted by Crippen LogP contribution is -2.19. The van der Waals surface area contributed by atoms with E-state index >= 15 is 0 Å². The molecule has 0 fully saturated rings. The highest BCUT2D eigenvalue weighted by atomic mass is 127. The van der Waals surface area contributed by atoms with Crippen LogP contribution in [0, 0.1) is 17.4 Å². The zero-order valence-electron chi connectivity index (χ0n) is 11.3. The van der Waals surface area contributed by atoms with Gasteiger partial charge in [-0.25, -0.2) is 0 Å². The summed E-state index contributed by atoms with van der Waals surface area (Å²) in [5.41, 5.74) is 5.28. The van der Waals surface area contributed by atoms with Gasteiger partial charge in [-0.15, -0.1) is 0 Å². The minimum atomic E-state index is 0.226. The highest BCUT2D eigenvalue weighted by Crippen LogP contribution is 2.29. The number of hydrogen-bond acceptors (Lipinski definition) is 1. The van der Waals surface area contributed by atoms with Crippen molar-refractivity contribution < 1.29 is 0 Å². The maximum atomic E-state index is 3.56. The molecule has 0 amide bonds. The molecule has 2 aromatic carbocycles. The van der Waals surface area contributed by atoms with Crippen LogP contribution in [0.5, 0.6) is 0 Å². The van der Waals surface area contributed by atoms with Gasteiger partial charge in [0, 0.05) is 8.04 Å². The van der Waals surface area contributed by atoms with Gasteiger partial charge in [0.2, 0.25) is 0 Å². The third kappa shape index (κ3) is 3.38. The van der Waals surface area contributed by atoms with Crippen molar-refractivity contribution in [2.75, 3.05) is 7.05 Å². The predicted molar refractivity (Wildman–Crippen MR) is 93.7 cm³/mol. The summed E-state index contributed by atoms with van der Waals surface area (Å²) in [4.78, 5) is 0. The molecule has 0 bridgehead atoms. The van der Waals surface area contributed by atoms with Crippen molar-refractivity contribution in [1.29, 1.82) is 0 Å². The lowest BCUT2D eigenvalue weighted by Gasteiger charge is -2.20. The Morgan fingerprint density at radius 2 is 1.79 bits per heavy atom. The van der Waals surface area contributed by atoms with Crippen molar-refractivity contribution in [1.82, 2.24) is 5.32 Å². The van der Waals surface area contributed by atoms with E-state index in [2.05, 4.69) is 94.1 Å². The number of benzene rings is 2. The number of nitrogens with one attached hydrogen (secondary N) is 1. The fourth-order valence-corrected chi connectivity index (χ4v) is 3.21. The fraction of sp³-hybridized carbons (Fsp3) is 0.250. The quantitative estimate of drug-likeness (QED) is 0.678. The zero-order chi connectivity index (χ0) is 14.0. The van der Waals surface area contributed by atoms with E-state index in [1.54, 1.807) is 0 Å². The fourth-order valence-electron chi connectivity index (χ4n) is 2.18. The smallest absolute Gasteiger partial charge is 0.0585 e. The monoisotopic (exact) mass is 429 g/mol. The summed E-state index contributed by atoms with van der Waals surface area (Å²) in [6.45, 7) is 4.31. The lowest BCUT2D eigenvalue weighted by atomic mass is 9.96. The predicted octanol–water partition coefficient (Wildman–Crippen LogP) is 4.98. The summed E-state index contributed by atoms with van der Waals surface area (Å²) in [6, 6.07) is 13.3. The lowest BCUT2D eigenvalue weighted by molar-refractivity contribution is 0.687. The molecule has 0 saturated heterocycles. The van der Waals surface area contributed by atoms with Crippen LogP contribution >= 0.6 is 38.5 Å². The van der Waals surface area contributed by atoms with Crippen LogP contribution in [0.3, 0.4) is 0 Å². The summed E-state index contributed by atoms with van der Waals surface area (Å²) < 4.78 is 2.39. The van der Waals surface area contributed by atoms with Crippen molar-refractivity contribution in [3.63, 3.8) is 0 Å². The molecule has 1 N–H and O–H groups in total. The van der Waals surface area contributed by atoms with Gasteiger partial charge < -0.3 is 5.32 Å². The van der Waals surface area contributed by atoms with Crippen molar-refractivity contribution in [2.24, 2.45) is 0 Å². The molecule has 0 saturated carbocycles. The van der Waals surface area contributed by atoms with E-state index in [0.717, 1.165) is 4.47 Å². The molecule has 2 aromatic rings. The first-order valence-electron chi connectivity index (χ1n) is 6.22. The van der Waals surface area contributed by atoms with Crippen LogP contribution in [-0.2, 0) is 0 Å². The first kappa shape index (κ1) is 15.0. The van der Waals surface area contributed by atoms with Crippen LogP contribution in [0.25, 0.3) is 0 Å². The highest BCUT2D eigenvalue weighted by Gasteiger charge is 2.15. The second-order valence-electron chi connectivity index (χ2n) is 4.73. The highest BCUT2D eigenvalue weighted by molar-refractivity contribution is 14.1. The van der Waals surface area contributed by atoms with Crippen molar-refractivity contribution in [3.05, 3.63) is 66.7 Å². The molecule has 0 aliphatic heterocycles. The number of halogens is 2. The van der Waals surface area contributed by atoms with Gasteiger partial charge in [-0.1, -0.05) is 34.1 Å². The van der Waals surface area contributed by atoms with Gasteiger partial charge >= 0.3 is 0 Å². The van der Waals surface area contributed by atoms with E-state index in [9.17, 15) is 0 Å². The second kappa shape index (κ2) is 6.37. The Kier molecular flexibility index (Phi) is 5.03. The van der Waals surface area contributed by atoms with Crippen LogP contribution in [0.4, 0.5) is 0 Å². The SMILES string of the molecule is CNC(c1ccc(C)c(C)c1)c1cc(Br)ccc1I. The van der Waals surface area contributed by atoms with Crippen LogP contribution in [0.15, 0.2) is 40.9 Å². The summed E-state index contributed by atoms with van der Waals surface area (Å²) in [6.07, 6.45) is 0. The standard InChI is InChI=1S/C16H17BrIN/c1-10-4-5-12(8-11(10)2)16(19-3)14-9-13(17)6-7-15(14)18/h4-9,16,19H,1-3H3. The molecule has 19 heavy (non-hydrogen) atoms. The average molecular weight is 430 g/mol. The first-order chi connectivity index (χ1) is 9.02. The third-order valence-electron chi connectivity index (χ3n) is 3.42. The molecule has 0 aliphatic rings. The topological polar surface area (TPSA) is 12.0 Å². The second-order valence-corrected chi connectivity index (χ2v) is 6.81. The molecule has 0 heterocycles. The molecule has 1 nitrogen and oxygen atoms in total.